The lowest BCUT2D eigenvalue weighted by atomic mass is 10.3. The van der Waals surface area contributed by atoms with Crippen LogP contribution in [0.4, 0.5) is 5.82 Å². The van der Waals surface area contributed by atoms with Crippen molar-refractivity contribution in [3.63, 3.8) is 0 Å². The number of aryl methyl sites for hydroxylation is 1. The molecule has 0 spiro atoms. The number of aromatic nitrogens is 6. The van der Waals surface area contributed by atoms with E-state index in [1.54, 1.807) is 29.3 Å². The lowest BCUT2D eigenvalue weighted by Gasteiger charge is -2.23. The fourth-order valence-electron chi connectivity index (χ4n) is 3.37. The maximum Gasteiger partial charge on any atom is 0.342 e. The zero-order valence-electron chi connectivity index (χ0n) is 19.6. The monoisotopic (exact) mass is 500 g/mol. The molecule has 0 bridgehead atoms. The van der Waals surface area contributed by atoms with Gasteiger partial charge in [0.2, 0.25) is 0 Å². The van der Waals surface area contributed by atoms with Gasteiger partial charge in [0.25, 0.3) is 0 Å². The van der Waals surface area contributed by atoms with Crippen molar-refractivity contribution in [2.75, 3.05) is 25.2 Å². The van der Waals surface area contributed by atoms with Gasteiger partial charge in [-0.3, -0.25) is 9.25 Å². The van der Waals surface area contributed by atoms with Gasteiger partial charge in [-0.15, -0.1) is 0 Å². The molecule has 4 rings (SSSR count). The van der Waals surface area contributed by atoms with Gasteiger partial charge in [-0.05, 0) is 19.1 Å². The topological polar surface area (TPSA) is 144 Å². The molecular formula is C22H29N8O4P. The Labute approximate surface area is 202 Å². The van der Waals surface area contributed by atoms with Crippen LogP contribution in [0.3, 0.4) is 0 Å². The molecule has 0 amide bonds. The number of rotatable bonds is 13. The van der Waals surface area contributed by atoms with E-state index in [0.717, 1.165) is 5.56 Å². The summed E-state index contributed by atoms with van der Waals surface area (Å²) in [5.74, 6) is 0.807. The molecule has 3 aromatic heterocycles. The number of ether oxygens (including phenoxy) is 2. The third-order valence-corrected chi connectivity index (χ3v) is 6.73. The van der Waals surface area contributed by atoms with E-state index in [1.165, 1.54) is 6.33 Å². The summed E-state index contributed by atoms with van der Waals surface area (Å²) >= 11 is 0. The Kier molecular flexibility index (Phi) is 8.09. The van der Waals surface area contributed by atoms with E-state index in [1.807, 2.05) is 42.9 Å². The molecule has 4 aromatic rings. The Balaban J connectivity index is 1.33. The number of imidazole rings is 1. The first-order valence-corrected chi connectivity index (χ1v) is 12.9. The molecule has 0 aliphatic rings. The van der Waals surface area contributed by atoms with E-state index in [0.29, 0.717) is 49.0 Å². The van der Waals surface area contributed by atoms with Crippen LogP contribution >= 0.6 is 7.52 Å². The number of benzene rings is 1. The second kappa shape index (κ2) is 11.4. The maximum atomic E-state index is 13.6. The molecule has 0 aliphatic heterocycles. The van der Waals surface area contributed by atoms with Crippen molar-refractivity contribution in [2.24, 2.45) is 7.05 Å². The van der Waals surface area contributed by atoms with Crippen LogP contribution in [0.1, 0.15) is 12.5 Å². The lowest BCUT2D eigenvalue weighted by molar-refractivity contribution is 0.0815. The maximum absolute atomic E-state index is 13.6. The first kappa shape index (κ1) is 24.8. The molecule has 3 heterocycles. The average molecular weight is 501 g/mol. The second-order valence-electron chi connectivity index (χ2n) is 8.00. The number of anilines is 1. The molecule has 13 heteroatoms. The summed E-state index contributed by atoms with van der Waals surface area (Å²) in [6.07, 6.45) is 6.22. The van der Waals surface area contributed by atoms with Gasteiger partial charge in [0.15, 0.2) is 11.5 Å². The van der Waals surface area contributed by atoms with Crippen molar-refractivity contribution in [3.8, 4) is 5.75 Å². The number of hydrogen-bond acceptors (Lipinski definition) is 9. The summed E-state index contributed by atoms with van der Waals surface area (Å²) in [5.41, 5.74) is 7.97. The summed E-state index contributed by atoms with van der Waals surface area (Å²) in [7, 11) is -1.54. The minimum atomic E-state index is -3.39. The van der Waals surface area contributed by atoms with Gasteiger partial charge >= 0.3 is 7.52 Å². The number of nitrogen functional groups attached to an aromatic ring is 1. The van der Waals surface area contributed by atoms with Crippen molar-refractivity contribution in [1.82, 2.24) is 34.4 Å². The van der Waals surface area contributed by atoms with Gasteiger partial charge in [-0.25, -0.2) is 20.0 Å². The Morgan fingerprint density at radius 3 is 2.80 bits per heavy atom. The number of nitrogens with one attached hydrogen (secondary N) is 1. The summed E-state index contributed by atoms with van der Waals surface area (Å²) in [6.45, 7) is 3.39. The highest BCUT2D eigenvalue weighted by atomic mass is 31.2. The number of nitrogens with zero attached hydrogens (tertiary/aromatic N) is 6. The predicted octanol–water partition coefficient (Wildman–Crippen LogP) is 2.58. The summed E-state index contributed by atoms with van der Waals surface area (Å²) in [4.78, 5) is 12.5. The minimum absolute atomic E-state index is 0.130. The Morgan fingerprint density at radius 1 is 1.20 bits per heavy atom. The molecule has 3 N–H and O–H groups in total. The Morgan fingerprint density at radius 2 is 2.03 bits per heavy atom. The molecular weight excluding hydrogens is 471 g/mol. The van der Waals surface area contributed by atoms with E-state index in [9.17, 15) is 4.57 Å². The van der Waals surface area contributed by atoms with Gasteiger partial charge < -0.3 is 24.3 Å². The van der Waals surface area contributed by atoms with E-state index in [-0.39, 0.29) is 12.5 Å². The molecule has 0 fully saturated rings. The highest BCUT2D eigenvalue weighted by molar-refractivity contribution is 7.57. The average Bonchev–Trinajstić information content (AvgIpc) is 3.45. The van der Waals surface area contributed by atoms with Crippen molar-refractivity contribution in [3.05, 3.63) is 60.9 Å². The molecule has 1 aromatic carbocycles. The van der Waals surface area contributed by atoms with Crippen LogP contribution in [0.2, 0.25) is 0 Å². The largest absolute Gasteiger partial charge is 0.431 e. The molecule has 1 unspecified atom stereocenters. The lowest BCUT2D eigenvalue weighted by Crippen LogP contribution is -2.25. The van der Waals surface area contributed by atoms with E-state index in [4.69, 9.17) is 19.7 Å². The number of hydrogen-bond donors (Lipinski definition) is 2. The first-order chi connectivity index (χ1) is 16.9. The van der Waals surface area contributed by atoms with Crippen LogP contribution in [0, 0.1) is 0 Å². The van der Waals surface area contributed by atoms with Crippen LogP contribution in [0.25, 0.3) is 11.2 Å². The van der Waals surface area contributed by atoms with Gasteiger partial charge in [0.05, 0.1) is 38.4 Å². The molecule has 35 heavy (non-hydrogen) atoms. The molecule has 0 radical (unpaired) electrons. The third-order valence-electron chi connectivity index (χ3n) is 5.03. The standard InChI is InChI=1S/C22H29N8O4P/c1-17(11-30-15-26-20-21(23)24-14-25-22(20)30)33-16-35(31,34-19-6-4-3-5-7-19)28-8-9-32-13-18-10-27-29(2)12-18/h3-7,10,12,14-15,17H,8-9,11,13,16H2,1-2H3,(H,28,31)(H2,23,24,25)/t17-,35?/m1/s1. The fraction of sp³-hybridized carbons (Fsp3) is 0.364. The van der Waals surface area contributed by atoms with E-state index < -0.39 is 7.52 Å². The Hall–Kier alpha value is -3.31. The SMILES string of the molecule is C[C@H](Cn1cnc2c(N)ncnc21)OCP(=O)(NCCOCc1cnn(C)c1)Oc1ccccc1. The molecule has 0 saturated heterocycles. The van der Waals surface area contributed by atoms with Crippen LogP contribution in [-0.2, 0) is 34.2 Å². The highest BCUT2D eigenvalue weighted by Crippen LogP contribution is 2.43. The second-order valence-corrected chi connectivity index (χ2v) is 10.1. The minimum Gasteiger partial charge on any atom is -0.431 e. The molecule has 0 saturated carbocycles. The van der Waals surface area contributed by atoms with Gasteiger partial charge in [-0.1, -0.05) is 18.2 Å². The number of fused-ring (bicyclic) bond motifs is 1. The van der Waals surface area contributed by atoms with Gasteiger partial charge in [0, 0.05) is 25.4 Å². The predicted molar refractivity (Wildman–Crippen MR) is 131 cm³/mol. The third kappa shape index (κ3) is 6.86. The summed E-state index contributed by atoms with van der Waals surface area (Å²) in [6, 6.07) is 8.99. The molecule has 2 atom stereocenters. The number of nitrogens with two attached hydrogens (primary N) is 1. The fourth-order valence-corrected chi connectivity index (χ4v) is 4.92. The summed E-state index contributed by atoms with van der Waals surface area (Å²) < 4.78 is 34.6. The van der Waals surface area contributed by atoms with E-state index >= 15 is 0 Å². The number of para-hydroxylation sites is 1. The van der Waals surface area contributed by atoms with Crippen LogP contribution in [0.15, 0.2) is 55.4 Å². The van der Waals surface area contributed by atoms with Crippen molar-refractivity contribution in [1.29, 1.82) is 0 Å². The molecule has 12 nitrogen and oxygen atoms in total. The van der Waals surface area contributed by atoms with Crippen molar-refractivity contribution in [2.45, 2.75) is 26.2 Å². The summed E-state index contributed by atoms with van der Waals surface area (Å²) in [5, 5.41) is 7.10. The van der Waals surface area contributed by atoms with Gasteiger partial charge in [-0.2, -0.15) is 5.10 Å². The molecule has 0 aliphatic carbocycles. The zero-order chi connectivity index (χ0) is 24.7. The van der Waals surface area contributed by atoms with Gasteiger partial charge in [0.1, 0.15) is 23.9 Å². The smallest absolute Gasteiger partial charge is 0.342 e. The quantitative estimate of drug-likeness (QED) is 0.208. The van der Waals surface area contributed by atoms with E-state index in [2.05, 4.69) is 25.1 Å². The zero-order valence-corrected chi connectivity index (χ0v) is 20.5. The first-order valence-electron chi connectivity index (χ1n) is 11.1. The van der Waals surface area contributed by atoms with Crippen LogP contribution in [0.5, 0.6) is 5.75 Å². The van der Waals surface area contributed by atoms with Crippen LogP contribution in [-0.4, -0.2) is 54.9 Å². The van der Waals surface area contributed by atoms with Crippen molar-refractivity contribution >= 4 is 24.5 Å². The highest BCUT2D eigenvalue weighted by Gasteiger charge is 2.26. The molecule has 186 valence electrons. The van der Waals surface area contributed by atoms with Crippen molar-refractivity contribution < 1.29 is 18.6 Å². The normalized spacial score (nSPS) is 14.1. The van der Waals surface area contributed by atoms with Crippen LogP contribution < -0.4 is 15.3 Å². The Bertz CT molecular complexity index is 1280.